The van der Waals surface area contributed by atoms with Gasteiger partial charge in [-0.15, -0.1) is 0 Å². The number of benzene rings is 1. The minimum atomic E-state index is -4.69. The first kappa shape index (κ1) is 35.3. The van der Waals surface area contributed by atoms with Crippen molar-refractivity contribution < 1.29 is 41.1 Å². The number of hydrogen-bond acceptors (Lipinski definition) is 8. The van der Waals surface area contributed by atoms with Gasteiger partial charge in [-0.1, -0.05) is 11.6 Å². The highest BCUT2D eigenvalue weighted by Crippen LogP contribution is 2.41. The number of nitrogens with zero attached hydrogens (tertiary/aromatic N) is 7. The van der Waals surface area contributed by atoms with Crippen LogP contribution in [0.25, 0.3) is 11.3 Å². The fourth-order valence-electron chi connectivity index (χ4n) is 5.47. The number of nitrogens with one attached hydrogen (secondary N) is 2. The van der Waals surface area contributed by atoms with Crippen LogP contribution in [0.4, 0.5) is 18.9 Å². The Morgan fingerprint density at radius 1 is 1.08 bits per heavy atom. The number of piperazine rings is 2. The maximum Gasteiger partial charge on any atom is 0.435 e. The van der Waals surface area contributed by atoms with E-state index >= 15 is 0 Å². The molecular weight excluding hydrogens is 683 g/mol. The van der Waals surface area contributed by atoms with E-state index in [1.807, 2.05) is 0 Å². The number of rotatable bonds is 7. The Hall–Kier alpha value is -4.04. The predicted octanol–water partition coefficient (Wildman–Crippen LogP) is 2.15. The van der Waals surface area contributed by atoms with Gasteiger partial charge in [0.1, 0.15) is 0 Å². The van der Waals surface area contributed by atoms with E-state index in [2.05, 4.69) is 20.7 Å². The highest BCUT2D eigenvalue weighted by atomic mass is 35.5. The number of carbonyl (C=O) groups excluding carboxylic acids is 2. The van der Waals surface area contributed by atoms with Gasteiger partial charge >= 0.3 is 6.18 Å². The van der Waals surface area contributed by atoms with E-state index in [0.717, 1.165) is 12.8 Å². The zero-order chi connectivity index (χ0) is 34.8. The number of imidazole rings is 1. The molecule has 260 valence electrons. The van der Waals surface area contributed by atoms with Crippen LogP contribution in [-0.4, -0.2) is 117 Å². The van der Waals surface area contributed by atoms with Crippen molar-refractivity contribution in [3.63, 3.8) is 0 Å². The van der Waals surface area contributed by atoms with Crippen molar-refractivity contribution in [1.82, 2.24) is 38.2 Å². The van der Waals surface area contributed by atoms with Gasteiger partial charge in [-0.05, 0) is 31.0 Å². The van der Waals surface area contributed by atoms with Crippen LogP contribution in [0.15, 0.2) is 30.6 Å². The molecule has 0 unspecified atom stereocenters. The van der Waals surface area contributed by atoms with Crippen LogP contribution in [0, 0.1) is 0 Å². The van der Waals surface area contributed by atoms with Crippen molar-refractivity contribution in [3.8, 4) is 11.3 Å². The third-order valence-electron chi connectivity index (χ3n) is 8.10. The van der Waals surface area contributed by atoms with Crippen LogP contribution in [0.5, 0.6) is 0 Å². The largest absolute Gasteiger partial charge is 0.483 e. The number of amides is 2. The van der Waals surface area contributed by atoms with E-state index in [1.54, 1.807) is 0 Å². The third kappa shape index (κ3) is 7.49. The molecule has 3 aromatic rings. The predicted molar refractivity (Wildman–Crippen MR) is 167 cm³/mol. The standard InChI is InChI=1S/C27H31ClF3N9O4S.CH2O2/c1-36-22(20-16-40(18-3-4-18)35-23(20)27(29,30)31)15-33-24(36)25(41)34-17-2-5-19(21(28)14-17)26(42)37-10-12-39(13-11-37)45(43,44)38-8-6-32-7-9-38;2-1-3/h2,5,14-16,18,32H,3-4,6-13H2,1H3,(H,34,41);1H,(H,2,3). The molecule has 0 radical (unpaired) electrons. The van der Waals surface area contributed by atoms with Gasteiger partial charge in [0.2, 0.25) is 0 Å². The highest BCUT2D eigenvalue weighted by molar-refractivity contribution is 7.86. The maximum atomic E-state index is 13.7. The molecule has 0 bridgehead atoms. The zero-order valence-corrected chi connectivity index (χ0v) is 27.2. The van der Waals surface area contributed by atoms with Crippen molar-refractivity contribution in [3.05, 3.63) is 52.7 Å². The van der Waals surface area contributed by atoms with Crippen LogP contribution in [-0.2, 0) is 28.2 Å². The molecule has 3 N–H and O–H groups in total. The topological polar surface area (TPSA) is 175 Å². The molecule has 15 nitrogen and oxygen atoms in total. The molecule has 2 aliphatic heterocycles. The summed E-state index contributed by atoms with van der Waals surface area (Å²) in [4.78, 5) is 40.3. The number of carbonyl (C=O) groups is 3. The van der Waals surface area contributed by atoms with Crippen molar-refractivity contribution in [2.75, 3.05) is 57.7 Å². The van der Waals surface area contributed by atoms with Gasteiger partial charge in [-0.3, -0.25) is 19.1 Å². The average molecular weight is 716 g/mol. The summed E-state index contributed by atoms with van der Waals surface area (Å²) in [5.41, 5.74) is -0.704. The quantitative estimate of drug-likeness (QED) is 0.310. The number of carboxylic acid groups (broad SMARTS) is 1. The number of halogens is 4. The van der Waals surface area contributed by atoms with Gasteiger partial charge in [-0.2, -0.15) is 35.3 Å². The summed E-state index contributed by atoms with van der Waals surface area (Å²) >= 11 is 6.43. The van der Waals surface area contributed by atoms with Crippen molar-refractivity contribution >= 4 is 45.8 Å². The second-order valence-corrected chi connectivity index (χ2v) is 13.6. The van der Waals surface area contributed by atoms with Crippen LogP contribution in [0.3, 0.4) is 0 Å². The Labute approximate surface area is 278 Å². The van der Waals surface area contributed by atoms with Crippen LogP contribution in [0.2, 0.25) is 5.02 Å². The van der Waals surface area contributed by atoms with E-state index in [9.17, 15) is 31.2 Å². The minimum absolute atomic E-state index is 0.0662. The smallest absolute Gasteiger partial charge is 0.435 e. The number of anilines is 1. The number of hydrogen-bond donors (Lipinski definition) is 3. The first-order valence-electron chi connectivity index (χ1n) is 14.9. The first-order valence-corrected chi connectivity index (χ1v) is 16.7. The molecule has 0 atom stereocenters. The Kier molecular flexibility index (Phi) is 10.4. The molecule has 3 aliphatic rings. The van der Waals surface area contributed by atoms with Crippen LogP contribution >= 0.6 is 11.6 Å². The van der Waals surface area contributed by atoms with Crippen molar-refractivity contribution in [1.29, 1.82) is 0 Å². The zero-order valence-electron chi connectivity index (χ0n) is 25.7. The molecule has 3 fully saturated rings. The second kappa shape index (κ2) is 14.2. The molecule has 1 saturated carbocycles. The van der Waals surface area contributed by atoms with Crippen LogP contribution in [0.1, 0.15) is 45.6 Å². The molecular formula is C28H33ClF3N9O6S. The molecule has 1 aliphatic carbocycles. The number of aromatic nitrogens is 4. The van der Waals surface area contributed by atoms with E-state index in [4.69, 9.17) is 21.5 Å². The van der Waals surface area contributed by atoms with Gasteiger partial charge in [-0.25, -0.2) is 4.98 Å². The average Bonchev–Trinajstić information content (AvgIpc) is 3.68. The highest BCUT2D eigenvalue weighted by Gasteiger charge is 2.40. The van der Waals surface area contributed by atoms with Crippen molar-refractivity contribution in [2.24, 2.45) is 7.05 Å². The summed E-state index contributed by atoms with van der Waals surface area (Å²) in [6, 6.07) is 4.25. The molecule has 2 amide bonds. The molecule has 4 heterocycles. The summed E-state index contributed by atoms with van der Waals surface area (Å²) in [6.45, 7) is 2.41. The Balaban J connectivity index is 0.00000145. The monoisotopic (exact) mass is 715 g/mol. The Bertz CT molecular complexity index is 1780. The molecule has 48 heavy (non-hydrogen) atoms. The van der Waals surface area contributed by atoms with E-state index in [-0.39, 0.29) is 78.0 Å². The second-order valence-electron chi connectivity index (χ2n) is 11.2. The van der Waals surface area contributed by atoms with Gasteiger partial charge < -0.3 is 25.2 Å². The first-order chi connectivity index (χ1) is 22.8. The summed E-state index contributed by atoms with van der Waals surface area (Å²) in [7, 11) is -2.17. The van der Waals surface area contributed by atoms with Crippen molar-refractivity contribution in [2.45, 2.75) is 25.1 Å². The lowest BCUT2D eigenvalue weighted by atomic mass is 10.1. The minimum Gasteiger partial charge on any atom is -0.483 e. The van der Waals surface area contributed by atoms with Gasteiger partial charge in [0.15, 0.2) is 11.5 Å². The van der Waals surface area contributed by atoms with E-state index in [0.29, 0.717) is 26.2 Å². The lowest BCUT2D eigenvalue weighted by Gasteiger charge is -2.37. The lowest BCUT2D eigenvalue weighted by Crippen LogP contribution is -2.57. The van der Waals surface area contributed by atoms with E-state index in [1.165, 1.54) is 60.4 Å². The lowest BCUT2D eigenvalue weighted by molar-refractivity contribution is -0.141. The van der Waals surface area contributed by atoms with Gasteiger partial charge in [0, 0.05) is 71.3 Å². The SMILES string of the molecule is Cn1c(-c2cn(C3CC3)nc2C(F)(F)F)cnc1C(=O)Nc1ccc(C(=O)N2CCN(S(=O)(=O)N3CCNCC3)CC2)c(Cl)c1.O=CO. The van der Waals surface area contributed by atoms with E-state index < -0.39 is 28.0 Å². The Morgan fingerprint density at radius 2 is 1.71 bits per heavy atom. The third-order valence-corrected chi connectivity index (χ3v) is 10.4. The summed E-state index contributed by atoms with van der Waals surface area (Å²) in [6.07, 6.45) is -0.652. The fraction of sp³-hybridized carbons (Fsp3) is 0.464. The molecule has 0 spiro atoms. The molecule has 2 saturated heterocycles. The summed E-state index contributed by atoms with van der Waals surface area (Å²) in [5, 5.41) is 16.5. The van der Waals surface area contributed by atoms with Gasteiger partial charge in [0.25, 0.3) is 28.5 Å². The number of alkyl halides is 3. The molecule has 6 rings (SSSR count). The molecule has 20 heteroatoms. The van der Waals surface area contributed by atoms with Crippen LogP contribution < -0.4 is 10.6 Å². The molecule has 1 aromatic carbocycles. The summed E-state index contributed by atoms with van der Waals surface area (Å²) < 4.78 is 72.5. The maximum absolute atomic E-state index is 13.7. The molecule has 2 aromatic heterocycles. The summed E-state index contributed by atoms with van der Waals surface area (Å²) in [5.74, 6) is -1.20. The normalized spacial score (nSPS) is 17.8. The van der Waals surface area contributed by atoms with Gasteiger partial charge in [0.05, 0.1) is 34.1 Å². The fourth-order valence-corrected chi connectivity index (χ4v) is 7.33. The Morgan fingerprint density at radius 3 is 2.29 bits per heavy atom.